The topological polar surface area (TPSA) is 103 Å². The zero-order valence-electron chi connectivity index (χ0n) is 19.6. The van der Waals surface area contributed by atoms with Crippen LogP contribution in [-0.2, 0) is 27.2 Å². The van der Waals surface area contributed by atoms with E-state index in [4.69, 9.17) is 14.4 Å². The van der Waals surface area contributed by atoms with Gasteiger partial charge in [0.2, 0.25) is 0 Å². The minimum absolute atomic E-state index is 0.0629. The molecule has 0 aliphatic carbocycles. The van der Waals surface area contributed by atoms with Gasteiger partial charge < -0.3 is 14.4 Å². The van der Waals surface area contributed by atoms with E-state index < -0.39 is 23.9 Å². The van der Waals surface area contributed by atoms with E-state index >= 15 is 0 Å². The van der Waals surface area contributed by atoms with E-state index in [1.54, 1.807) is 50.4 Å². The van der Waals surface area contributed by atoms with Crippen molar-refractivity contribution in [3.8, 4) is 11.3 Å². The molecular weight excluding hydrogens is 483 g/mol. The van der Waals surface area contributed by atoms with Gasteiger partial charge in [-0.1, -0.05) is 41.2 Å². The molecule has 0 amide bonds. The molecule has 0 spiro atoms. The van der Waals surface area contributed by atoms with Crippen molar-refractivity contribution < 1.29 is 28.3 Å². The predicted molar refractivity (Wildman–Crippen MR) is 131 cm³/mol. The number of aliphatic carboxylic acids is 1. The Hall–Kier alpha value is -3.98. The second kappa shape index (κ2) is 11.2. The largest absolute Gasteiger partial charge is 0.481 e. The summed E-state index contributed by atoms with van der Waals surface area (Å²) in [6.07, 6.45) is 0.694. The average molecular weight is 507 g/mol. The maximum Gasteiger partial charge on any atom is 0.311 e. The fraction of sp³-hybridized carbons (Fsp3) is 0.185. The fourth-order valence-electron chi connectivity index (χ4n) is 3.62. The maximum atomic E-state index is 14.0. The molecular formula is C27H23FN2O5S. The Morgan fingerprint density at radius 3 is 2.50 bits per heavy atom. The van der Waals surface area contributed by atoms with Gasteiger partial charge in [0.15, 0.2) is 5.76 Å². The summed E-state index contributed by atoms with van der Waals surface area (Å²) >= 11 is 1.44. The van der Waals surface area contributed by atoms with Crippen LogP contribution in [0.25, 0.3) is 11.3 Å². The molecule has 2 heterocycles. The molecule has 4 aromatic rings. The Bertz CT molecular complexity index is 1370. The van der Waals surface area contributed by atoms with Crippen LogP contribution in [0.5, 0.6) is 0 Å². The van der Waals surface area contributed by atoms with E-state index in [1.807, 2.05) is 24.3 Å². The van der Waals surface area contributed by atoms with Crippen LogP contribution < -0.4 is 0 Å². The summed E-state index contributed by atoms with van der Waals surface area (Å²) in [6.45, 7) is 3.38. The number of halogens is 1. The molecule has 36 heavy (non-hydrogen) atoms. The highest BCUT2D eigenvalue weighted by Gasteiger charge is 2.21. The molecule has 0 radical (unpaired) electrons. The lowest BCUT2D eigenvalue weighted by molar-refractivity contribution is -0.147. The lowest BCUT2D eigenvalue weighted by Gasteiger charge is -2.14. The van der Waals surface area contributed by atoms with Gasteiger partial charge in [0.25, 0.3) is 0 Å². The van der Waals surface area contributed by atoms with Gasteiger partial charge in [-0.15, -0.1) is 0 Å². The van der Waals surface area contributed by atoms with Crippen molar-refractivity contribution in [2.45, 2.75) is 42.7 Å². The van der Waals surface area contributed by atoms with Crippen LogP contribution in [0, 0.1) is 12.7 Å². The standard InChI is InChI=1S/C27H23FN2O5S/c1-16-22(14-26(33)34-17(2)21-5-3-4-6-23(21)28)27(35-30-16)19-8-10-20(11-9-19)36-24-12-7-18(15-29-24)13-25(31)32/h3-12,15,17H,13-14H2,1-2H3,(H,31,32)/t17-/m1/s1. The number of ether oxygens (including phenoxy) is 1. The summed E-state index contributed by atoms with van der Waals surface area (Å²) in [5.41, 5.74) is 2.88. The molecule has 2 aromatic carbocycles. The summed E-state index contributed by atoms with van der Waals surface area (Å²) in [4.78, 5) is 28.7. The Kier molecular flexibility index (Phi) is 7.80. The fourth-order valence-corrected chi connectivity index (χ4v) is 4.38. The number of pyridine rings is 1. The number of carbonyl (C=O) groups excluding carboxylic acids is 1. The van der Waals surface area contributed by atoms with E-state index in [2.05, 4.69) is 10.1 Å². The zero-order valence-corrected chi connectivity index (χ0v) is 20.4. The minimum Gasteiger partial charge on any atom is -0.481 e. The van der Waals surface area contributed by atoms with Gasteiger partial charge in [-0.3, -0.25) is 9.59 Å². The van der Waals surface area contributed by atoms with E-state index in [0.717, 1.165) is 15.5 Å². The van der Waals surface area contributed by atoms with E-state index in [9.17, 15) is 14.0 Å². The zero-order chi connectivity index (χ0) is 25.7. The first-order valence-electron chi connectivity index (χ1n) is 11.1. The number of aryl methyl sites for hydroxylation is 1. The first kappa shape index (κ1) is 25.1. The smallest absolute Gasteiger partial charge is 0.311 e. The molecule has 1 atom stereocenters. The molecule has 184 valence electrons. The quantitative estimate of drug-likeness (QED) is 0.284. The van der Waals surface area contributed by atoms with Gasteiger partial charge in [0.05, 0.1) is 18.5 Å². The molecule has 0 saturated carbocycles. The Labute approximate surface area is 211 Å². The number of benzene rings is 2. The average Bonchev–Trinajstić information content (AvgIpc) is 3.20. The first-order valence-corrected chi connectivity index (χ1v) is 12.0. The highest BCUT2D eigenvalue weighted by Crippen LogP contribution is 2.32. The van der Waals surface area contributed by atoms with Crippen LogP contribution in [0.4, 0.5) is 4.39 Å². The van der Waals surface area contributed by atoms with Gasteiger partial charge in [-0.05, 0) is 55.8 Å². The molecule has 0 aliphatic rings. The Morgan fingerprint density at radius 2 is 1.83 bits per heavy atom. The highest BCUT2D eigenvalue weighted by atomic mass is 32.2. The van der Waals surface area contributed by atoms with Crippen LogP contribution in [0.15, 0.2) is 81.3 Å². The van der Waals surface area contributed by atoms with E-state index in [0.29, 0.717) is 28.1 Å². The van der Waals surface area contributed by atoms with Crippen molar-refractivity contribution in [1.82, 2.24) is 10.1 Å². The van der Waals surface area contributed by atoms with Gasteiger partial charge in [0, 0.05) is 27.8 Å². The van der Waals surface area contributed by atoms with Gasteiger partial charge >= 0.3 is 11.9 Å². The third-order valence-electron chi connectivity index (χ3n) is 5.45. The number of hydrogen-bond acceptors (Lipinski definition) is 7. The lowest BCUT2D eigenvalue weighted by atomic mass is 10.0. The number of carboxylic acids is 1. The first-order chi connectivity index (χ1) is 17.3. The number of esters is 1. The summed E-state index contributed by atoms with van der Waals surface area (Å²) in [5, 5.41) is 13.6. The Balaban J connectivity index is 1.43. The van der Waals surface area contributed by atoms with Crippen molar-refractivity contribution >= 4 is 23.7 Å². The van der Waals surface area contributed by atoms with Crippen LogP contribution in [0.2, 0.25) is 0 Å². The second-order valence-electron chi connectivity index (χ2n) is 8.11. The number of carbonyl (C=O) groups is 2. The molecule has 0 bridgehead atoms. The molecule has 9 heteroatoms. The molecule has 1 N–H and O–H groups in total. The molecule has 2 aromatic heterocycles. The lowest BCUT2D eigenvalue weighted by Crippen LogP contribution is -2.13. The molecule has 4 rings (SSSR count). The second-order valence-corrected chi connectivity index (χ2v) is 9.20. The van der Waals surface area contributed by atoms with Crippen LogP contribution >= 0.6 is 11.8 Å². The van der Waals surface area contributed by atoms with Crippen LogP contribution in [0.1, 0.15) is 35.4 Å². The van der Waals surface area contributed by atoms with Crippen molar-refractivity contribution in [2.24, 2.45) is 0 Å². The van der Waals surface area contributed by atoms with Crippen molar-refractivity contribution in [2.75, 3.05) is 0 Å². The molecule has 0 aliphatic heterocycles. The number of hydrogen-bond donors (Lipinski definition) is 1. The number of carboxylic acid groups (broad SMARTS) is 1. The molecule has 7 nitrogen and oxygen atoms in total. The number of aromatic nitrogens is 2. The van der Waals surface area contributed by atoms with Gasteiger partial charge in [-0.25, -0.2) is 9.37 Å². The van der Waals surface area contributed by atoms with Gasteiger partial charge in [-0.2, -0.15) is 0 Å². The van der Waals surface area contributed by atoms with E-state index in [-0.39, 0.29) is 12.8 Å². The molecule has 0 fully saturated rings. The Morgan fingerprint density at radius 1 is 1.08 bits per heavy atom. The summed E-state index contributed by atoms with van der Waals surface area (Å²) in [7, 11) is 0. The molecule has 0 saturated heterocycles. The van der Waals surface area contributed by atoms with Crippen molar-refractivity contribution in [3.05, 3.63) is 95.1 Å². The maximum absolute atomic E-state index is 14.0. The monoisotopic (exact) mass is 506 g/mol. The van der Waals surface area contributed by atoms with E-state index in [1.165, 1.54) is 17.8 Å². The van der Waals surface area contributed by atoms with Gasteiger partial charge in [0.1, 0.15) is 16.9 Å². The summed E-state index contributed by atoms with van der Waals surface area (Å²) < 4.78 is 25.0. The SMILES string of the molecule is Cc1noc(-c2ccc(Sc3ccc(CC(=O)O)cn3)cc2)c1CC(=O)O[C@H](C)c1ccccc1F. The molecule has 0 unspecified atom stereocenters. The normalized spacial score (nSPS) is 11.8. The summed E-state index contributed by atoms with van der Waals surface area (Å²) in [6, 6.07) is 17.2. The number of nitrogens with zero attached hydrogens (tertiary/aromatic N) is 2. The van der Waals surface area contributed by atoms with Crippen molar-refractivity contribution in [3.63, 3.8) is 0 Å². The number of rotatable bonds is 9. The third kappa shape index (κ3) is 6.17. The summed E-state index contributed by atoms with van der Waals surface area (Å²) in [5.74, 6) is -1.37. The predicted octanol–water partition coefficient (Wildman–Crippen LogP) is 5.81. The highest BCUT2D eigenvalue weighted by molar-refractivity contribution is 7.99. The third-order valence-corrected chi connectivity index (χ3v) is 6.41. The van der Waals surface area contributed by atoms with Crippen LogP contribution in [-0.4, -0.2) is 27.2 Å². The van der Waals surface area contributed by atoms with Crippen molar-refractivity contribution in [1.29, 1.82) is 0 Å². The minimum atomic E-state index is -0.900. The van der Waals surface area contributed by atoms with Crippen LogP contribution in [0.3, 0.4) is 0 Å².